The second-order valence-electron chi connectivity index (χ2n) is 4.66. The fourth-order valence-corrected chi connectivity index (χ4v) is 2.75. The lowest BCUT2D eigenvalue weighted by Crippen LogP contribution is -2.23. The molecule has 0 fully saturated rings. The largest absolute Gasteiger partial charge is 0.384 e. The molecule has 0 spiro atoms. The molecule has 0 bridgehead atoms. The highest BCUT2D eigenvalue weighted by molar-refractivity contribution is 7.12. The molecule has 3 nitrogen and oxygen atoms in total. The summed E-state index contributed by atoms with van der Waals surface area (Å²) in [4.78, 5) is 14.1. The Morgan fingerprint density at radius 1 is 1.29 bits per heavy atom. The maximum absolute atomic E-state index is 12.2. The minimum atomic E-state index is -0.142. The highest BCUT2D eigenvalue weighted by Crippen LogP contribution is 2.16. The number of hydrogen-bond donors (Lipinski definition) is 2. The van der Waals surface area contributed by atoms with Crippen molar-refractivity contribution < 1.29 is 9.90 Å². The summed E-state index contributed by atoms with van der Waals surface area (Å²) in [7, 11) is 0. The van der Waals surface area contributed by atoms with Crippen molar-refractivity contribution in [3.8, 4) is 11.8 Å². The standard InChI is InChI=1S/C17H17NO2S/c1-12-5-3-7-16(13(12)2)17(20)18-11-15-9-8-14(21-15)6-4-10-19/h3,5,7-9,19H,10-11H2,1-2H3,(H,18,20). The number of thiophene rings is 1. The molecule has 2 N–H and O–H groups in total. The number of rotatable bonds is 3. The smallest absolute Gasteiger partial charge is 0.251 e. The first-order chi connectivity index (χ1) is 10.1. The predicted molar refractivity (Wildman–Crippen MR) is 85.4 cm³/mol. The number of amides is 1. The Labute approximate surface area is 128 Å². The molecule has 2 rings (SSSR count). The molecule has 108 valence electrons. The van der Waals surface area contributed by atoms with Crippen molar-refractivity contribution in [2.24, 2.45) is 0 Å². The van der Waals surface area contributed by atoms with Crippen LogP contribution in [-0.2, 0) is 6.54 Å². The summed E-state index contributed by atoms with van der Waals surface area (Å²) in [6.45, 7) is 4.30. The van der Waals surface area contributed by atoms with Crippen molar-refractivity contribution in [2.75, 3.05) is 6.61 Å². The number of aliphatic hydroxyl groups excluding tert-OH is 1. The maximum Gasteiger partial charge on any atom is 0.251 e. The van der Waals surface area contributed by atoms with Gasteiger partial charge in [0.1, 0.15) is 6.61 Å². The van der Waals surface area contributed by atoms with Crippen molar-refractivity contribution in [1.29, 1.82) is 0 Å². The molecule has 0 saturated heterocycles. The average molecular weight is 299 g/mol. The van der Waals surface area contributed by atoms with E-state index in [2.05, 4.69) is 17.2 Å². The first-order valence-corrected chi connectivity index (χ1v) is 7.46. The Morgan fingerprint density at radius 2 is 2.10 bits per heavy atom. The van der Waals surface area contributed by atoms with Gasteiger partial charge in [-0.25, -0.2) is 0 Å². The summed E-state index contributed by atoms with van der Waals surface area (Å²) >= 11 is 1.52. The molecule has 1 aromatic carbocycles. The van der Waals surface area contributed by atoms with E-state index in [9.17, 15) is 4.79 Å². The molecule has 1 aromatic heterocycles. The van der Waals surface area contributed by atoms with Gasteiger partial charge in [0.25, 0.3) is 5.91 Å². The summed E-state index contributed by atoms with van der Waals surface area (Å²) < 4.78 is 0. The minimum absolute atomic E-state index is 0.0624. The SMILES string of the molecule is Cc1cccc(C(=O)NCc2ccc(C#CCO)s2)c1C. The molecule has 2 aromatic rings. The first-order valence-electron chi connectivity index (χ1n) is 6.64. The van der Waals surface area contributed by atoms with Crippen molar-refractivity contribution >= 4 is 17.2 Å². The summed E-state index contributed by atoms with van der Waals surface area (Å²) in [5, 5.41) is 11.6. The monoisotopic (exact) mass is 299 g/mol. The first kappa shape index (κ1) is 15.3. The second-order valence-corrected chi connectivity index (χ2v) is 5.82. The zero-order chi connectivity index (χ0) is 15.2. The van der Waals surface area contributed by atoms with Crippen LogP contribution >= 0.6 is 11.3 Å². The van der Waals surface area contributed by atoms with E-state index < -0.39 is 0 Å². The molecule has 0 atom stereocenters. The Morgan fingerprint density at radius 3 is 2.86 bits per heavy atom. The highest BCUT2D eigenvalue weighted by atomic mass is 32.1. The molecule has 21 heavy (non-hydrogen) atoms. The maximum atomic E-state index is 12.2. The Kier molecular flexibility index (Phi) is 5.15. The third-order valence-corrected chi connectivity index (χ3v) is 4.23. The summed E-state index contributed by atoms with van der Waals surface area (Å²) in [5.74, 6) is 5.40. The van der Waals surface area contributed by atoms with E-state index >= 15 is 0 Å². The lowest BCUT2D eigenvalue weighted by atomic mass is 10.0. The van der Waals surface area contributed by atoms with Crippen LogP contribution in [0.15, 0.2) is 30.3 Å². The lowest BCUT2D eigenvalue weighted by Gasteiger charge is -2.08. The van der Waals surface area contributed by atoms with Crippen LogP contribution in [0.5, 0.6) is 0 Å². The van der Waals surface area contributed by atoms with Gasteiger partial charge < -0.3 is 10.4 Å². The third kappa shape index (κ3) is 3.94. The average Bonchev–Trinajstić information content (AvgIpc) is 2.93. The van der Waals surface area contributed by atoms with Gasteiger partial charge in [-0.15, -0.1) is 11.3 Å². The third-order valence-electron chi connectivity index (χ3n) is 3.22. The Hall–Kier alpha value is -2.09. The van der Waals surface area contributed by atoms with Gasteiger partial charge in [0.15, 0.2) is 0 Å². The van der Waals surface area contributed by atoms with Crippen LogP contribution in [0.2, 0.25) is 0 Å². The van der Waals surface area contributed by atoms with Gasteiger partial charge in [-0.3, -0.25) is 4.79 Å². The molecular weight excluding hydrogens is 282 g/mol. The molecule has 0 aliphatic carbocycles. The molecule has 1 heterocycles. The normalized spacial score (nSPS) is 9.86. The van der Waals surface area contributed by atoms with Gasteiger partial charge in [0, 0.05) is 10.4 Å². The van der Waals surface area contributed by atoms with Gasteiger partial charge in [-0.2, -0.15) is 0 Å². The molecular formula is C17H17NO2S. The summed E-state index contributed by atoms with van der Waals surface area (Å²) in [6.07, 6.45) is 0. The van der Waals surface area contributed by atoms with Gasteiger partial charge in [-0.05, 0) is 43.2 Å². The van der Waals surface area contributed by atoms with E-state index in [0.29, 0.717) is 12.1 Å². The van der Waals surface area contributed by atoms with Crippen LogP contribution in [0.4, 0.5) is 0 Å². The van der Waals surface area contributed by atoms with E-state index in [1.807, 2.05) is 44.2 Å². The number of benzene rings is 1. The Balaban J connectivity index is 2.01. The predicted octanol–water partition coefficient (Wildman–Crippen LogP) is 2.64. The van der Waals surface area contributed by atoms with Crippen LogP contribution in [0, 0.1) is 25.7 Å². The van der Waals surface area contributed by atoms with E-state index in [4.69, 9.17) is 5.11 Å². The van der Waals surface area contributed by atoms with Gasteiger partial charge in [0.2, 0.25) is 0 Å². The zero-order valence-electron chi connectivity index (χ0n) is 12.1. The van der Waals surface area contributed by atoms with Crippen molar-refractivity contribution in [2.45, 2.75) is 20.4 Å². The zero-order valence-corrected chi connectivity index (χ0v) is 12.9. The summed E-state index contributed by atoms with van der Waals surface area (Å²) in [5.41, 5.74) is 2.84. The topological polar surface area (TPSA) is 49.3 Å². The van der Waals surface area contributed by atoms with Crippen LogP contribution < -0.4 is 5.32 Å². The van der Waals surface area contributed by atoms with Crippen LogP contribution in [0.25, 0.3) is 0 Å². The molecule has 0 aliphatic rings. The second kappa shape index (κ2) is 7.07. The Bertz CT molecular complexity index is 707. The van der Waals surface area contributed by atoms with Crippen molar-refractivity contribution in [1.82, 2.24) is 5.32 Å². The van der Waals surface area contributed by atoms with Crippen molar-refractivity contribution in [3.05, 3.63) is 56.8 Å². The van der Waals surface area contributed by atoms with Gasteiger partial charge >= 0.3 is 0 Å². The van der Waals surface area contributed by atoms with Crippen LogP contribution in [0.1, 0.15) is 31.2 Å². The number of nitrogens with one attached hydrogen (secondary N) is 1. The van der Waals surface area contributed by atoms with E-state index in [1.54, 1.807) is 0 Å². The number of aryl methyl sites for hydroxylation is 1. The molecule has 0 radical (unpaired) electrons. The molecule has 0 aliphatic heterocycles. The number of hydrogen-bond acceptors (Lipinski definition) is 3. The van der Waals surface area contributed by atoms with Crippen LogP contribution in [0.3, 0.4) is 0 Å². The fraction of sp³-hybridized carbons (Fsp3) is 0.235. The van der Waals surface area contributed by atoms with E-state index in [0.717, 1.165) is 20.9 Å². The minimum Gasteiger partial charge on any atom is -0.384 e. The molecule has 1 amide bonds. The highest BCUT2D eigenvalue weighted by Gasteiger charge is 2.10. The van der Waals surface area contributed by atoms with E-state index in [1.165, 1.54) is 11.3 Å². The quantitative estimate of drug-likeness (QED) is 0.856. The lowest BCUT2D eigenvalue weighted by molar-refractivity contribution is 0.0950. The molecule has 4 heteroatoms. The summed E-state index contributed by atoms with van der Waals surface area (Å²) in [6, 6.07) is 9.56. The van der Waals surface area contributed by atoms with E-state index in [-0.39, 0.29) is 12.5 Å². The number of carbonyl (C=O) groups excluding carboxylic acids is 1. The van der Waals surface area contributed by atoms with Gasteiger partial charge in [0.05, 0.1) is 11.4 Å². The number of carbonyl (C=O) groups is 1. The fourth-order valence-electron chi connectivity index (χ4n) is 1.93. The molecule has 0 unspecified atom stereocenters. The van der Waals surface area contributed by atoms with Gasteiger partial charge in [-0.1, -0.05) is 24.0 Å². The van der Waals surface area contributed by atoms with Crippen LogP contribution in [-0.4, -0.2) is 17.6 Å². The molecule has 0 saturated carbocycles. The van der Waals surface area contributed by atoms with Crippen molar-refractivity contribution in [3.63, 3.8) is 0 Å². The number of aliphatic hydroxyl groups is 1.